The van der Waals surface area contributed by atoms with Crippen LogP contribution in [0.5, 0.6) is 0 Å². The fourth-order valence-corrected chi connectivity index (χ4v) is 4.57. The van der Waals surface area contributed by atoms with Gasteiger partial charge in [-0.25, -0.2) is 14.4 Å². The van der Waals surface area contributed by atoms with E-state index in [2.05, 4.69) is 25.6 Å². The maximum absolute atomic E-state index is 13.5. The summed E-state index contributed by atoms with van der Waals surface area (Å²) in [6.45, 7) is 8.71. The van der Waals surface area contributed by atoms with E-state index in [0.29, 0.717) is 42.2 Å². The highest BCUT2D eigenvalue weighted by Crippen LogP contribution is 2.29. The van der Waals surface area contributed by atoms with Crippen LogP contribution in [-0.2, 0) is 4.79 Å². The second kappa shape index (κ2) is 9.01. The number of nitrogens with zero attached hydrogens (tertiary/aromatic N) is 4. The number of fused-ring (bicyclic) bond motifs is 1. The summed E-state index contributed by atoms with van der Waals surface area (Å²) >= 11 is 1.41. The van der Waals surface area contributed by atoms with Crippen LogP contribution in [0.2, 0.25) is 0 Å². The number of hydrogen-bond donors (Lipinski definition) is 2. The van der Waals surface area contributed by atoms with Crippen molar-refractivity contribution in [1.82, 2.24) is 25.2 Å². The van der Waals surface area contributed by atoms with Crippen molar-refractivity contribution in [1.29, 1.82) is 0 Å². The number of carbonyl (C=O) groups excluding carboxylic acids is 2. The summed E-state index contributed by atoms with van der Waals surface area (Å²) in [5.74, 6) is -0.178. The maximum Gasteiger partial charge on any atom is 0.274 e. The fraction of sp³-hybridized carbons (Fsp3) is 0.435. The van der Waals surface area contributed by atoms with Crippen LogP contribution >= 0.6 is 11.3 Å². The molecule has 1 atom stereocenters. The quantitative estimate of drug-likeness (QED) is 0.569. The molecular formula is C23H27FN6O2S. The summed E-state index contributed by atoms with van der Waals surface area (Å²) in [6.07, 6.45) is 3.12. The van der Waals surface area contributed by atoms with Gasteiger partial charge in [0.15, 0.2) is 5.69 Å². The second-order valence-electron chi connectivity index (χ2n) is 9.41. The number of halogens is 1. The molecule has 10 heteroatoms. The van der Waals surface area contributed by atoms with Gasteiger partial charge >= 0.3 is 0 Å². The number of hydrogen-bond acceptors (Lipinski definition) is 7. The number of nitrogens with one attached hydrogen (secondary N) is 2. The minimum atomic E-state index is -0.422. The van der Waals surface area contributed by atoms with E-state index in [1.165, 1.54) is 17.4 Å². The Balaban J connectivity index is 1.46. The van der Waals surface area contributed by atoms with Crippen LogP contribution in [0.4, 0.5) is 10.3 Å². The molecule has 3 aromatic rings. The lowest BCUT2D eigenvalue weighted by Crippen LogP contribution is -2.52. The zero-order chi connectivity index (χ0) is 23.8. The topological polar surface area (TPSA) is 100 Å². The Bertz CT molecular complexity index is 1190. The number of anilines is 1. The van der Waals surface area contributed by atoms with Gasteiger partial charge in [0.25, 0.3) is 5.91 Å². The molecule has 1 fully saturated rings. The number of rotatable bonds is 6. The smallest absolute Gasteiger partial charge is 0.274 e. The molecule has 8 nitrogen and oxygen atoms in total. The minimum absolute atomic E-state index is 0.00500. The highest BCUT2D eigenvalue weighted by Gasteiger charge is 2.35. The molecule has 1 aliphatic heterocycles. The van der Waals surface area contributed by atoms with Gasteiger partial charge in [0.05, 0.1) is 22.5 Å². The zero-order valence-electron chi connectivity index (χ0n) is 19.1. The van der Waals surface area contributed by atoms with Gasteiger partial charge in [-0.1, -0.05) is 0 Å². The first-order valence-corrected chi connectivity index (χ1v) is 11.7. The summed E-state index contributed by atoms with van der Waals surface area (Å²) < 4.78 is 14.3. The van der Waals surface area contributed by atoms with Gasteiger partial charge in [-0.2, -0.15) is 0 Å². The summed E-state index contributed by atoms with van der Waals surface area (Å²) in [4.78, 5) is 40.0. The highest BCUT2D eigenvalue weighted by atomic mass is 32.1. The molecule has 0 aliphatic carbocycles. The predicted molar refractivity (Wildman–Crippen MR) is 126 cm³/mol. The average Bonchev–Trinajstić information content (AvgIpc) is 3.16. The van der Waals surface area contributed by atoms with E-state index in [9.17, 15) is 14.0 Å². The Morgan fingerprint density at radius 1 is 1.27 bits per heavy atom. The molecule has 4 heterocycles. The fourth-order valence-electron chi connectivity index (χ4n) is 3.76. The summed E-state index contributed by atoms with van der Waals surface area (Å²) in [6, 6.07) is 2.94. The SMILES string of the molecule is CC(Nc1nc(C(=O)N2CC(CC(=O)NC(C)(C)C)C2)c2sccc2n1)c1cncc(F)c1. The van der Waals surface area contributed by atoms with E-state index in [4.69, 9.17) is 0 Å². The van der Waals surface area contributed by atoms with Crippen LogP contribution in [0.15, 0.2) is 29.9 Å². The molecule has 33 heavy (non-hydrogen) atoms. The third-order valence-electron chi connectivity index (χ3n) is 5.31. The first kappa shape index (κ1) is 23.0. The Morgan fingerprint density at radius 3 is 2.73 bits per heavy atom. The van der Waals surface area contributed by atoms with Gasteiger partial charge in [-0.15, -0.1) is 11.3 Å². The van der Waals surface area contributed by atoms with Gasteiger partial charge in [0, 0.05) is 37.2 Å². The lowest BCUT2D eigenvalue weighted by atomic mass is 9.94. The minimum Gasteiger partial charge on any atom is -0.351 e. The van der Waals surface area contributed by atoms with Gasteiger partial charge in [-0.05, 0) is 50.8 Å². The number of thiophene rings is 1. The lowest BCUT2D eigenvalue weighted by Gasteiger charge is -2.39. The van der Waals surface area contributed by atoms with Crippen molar-refractivity contribution < 1.29 is 14.0 Å². The van der Waals surface area contributed by atoms with Crippen LogP contribution in [0, 0.1) is 11.7 Å². The largest absolute Gasteiger partial charge is 0.351 e. The molecule has 1 aliphatic rings. The molecule has 1 saturated heterocycles. The van der Waals surface area contributed by atoms with E-state index >= 15 is 0 Å². The van der Waals surface area contributed by atoms with Gasteiger partial charge < -0.3 is 15.5 Å². The highest BCUT2D eigenvalue weighted by molar-refractivity contribution is 7.17. The first-order valence-electron chi connectivity index (χ1n) is 10.8. The summed E-state index contributed by atoms with van der Waals surface area (Å²) in [5, 5.41) is 7.98. The molecule has 0 aromatic carbocycles. The van der Waals surface area contributed by atoms with Crippen LogP contribution in [0.1, 0.15) is 56.2 Å². The molecule has 3 aromatic heterocycles. The second-order valence-corrected chi connectivity index (χ2v) is 10.3. The molecular weight excluding hydrogens is 443 g/mol. The Morgan fingerprint density at radius 2 is 2.03 bits per heavy atom. The van der Waals surface area contributed by atoms with Crippen molar-refractivity contribution >= 4 is 39.3 Å². The third kappa shape index (κ3) is 5.44. The predicted octanol–water partition coefficient (Wildman–Crippen LogP) is 3.78. The van der Waals surface area contributed by atoms with E-state index in [1.807, 2.05) is 39.1 Å². The molecule has 0 spiro atoms. The number of likely N-dealkylation sites (tertiary alicyclic amines) is 1. The number of amides is 2. The van der Waals surface area contributed by atoms with Crippen LogP contribution in [0.25, 0.3) is 10.2 Å². The molecule has 174 valence electrons. The molecule has 2 amide bonds. The standard InChI is InChI=1S/C23H27FN6O2S/c1-13(15-8-16(24)10-25-9-15)26-22-27-17-5-6-33-20(17)19(28-22)21(32)30-11-14(12-30)7-18(31)29-23(2,3)4/h5-6,8-10,13-14H,7,11-12H2,1-4H3,(H,29,31)(H,26,27,28). The monoisotopic (exact) mass is 470 g/mol. The van der Waals surface area contributed by atoms with E-state index in [1.54, 1.807) is 11.1 Å². The van der Waals surface area contributed by atoms with Crippen molar-refractivity contribution in [2.45, 2.75) is 45.7 Å². The summed E-state index contributed by atoms with van der Waals surface area (Å²) in [5.41, 5.74) is 1.38. The normalized spacial score (nSPS) is 15.2. The van der Waals surface area contributed by atoms with E-state index in [0.717, 1.165) is 10.9 Å². The molecule has 2 N–H and O–H groups in total. The van der Waals surface area contributed by atoms with Crippen molar-refractivity contribution in [3.8, 4) is 0 Å². The van der Waals surface area contributed by atoms with Crippen LogP contribution < -0.4 is 10.6 Å². The number of carbonyl (C=O) groups is 2. The zero-order valence-corrected chi connectivity index (χ0v) is 19.9. The number of aromatic nitrogens is 3. The molecule has 0 bridgehead atoms. The van der Waals surface area contributed by atoms with Crippen molar-refractivity contribution in [3.63, 3.8) is 0 Å². The lowest BCUT2D eigenvalue weighted by molar-refractivity contribution is -0.124. The van der Waals surface area contributed by atoms with Crippen molar-refractivity contribution in [3.05, 3.63) is 47.0 Å². The third-order valence-corrected chi connectivity index (χ3v) is 6.22. The Hall–Kier alpha value is -3.14. The van der Waals surface area contributed by atoms with Crippen molar-refractivity contribution in [2.75, 3.05) is 18.4 Å². The Kier molecular flexibility index (Phi) is 6.29. The molecule has 1 unspecified atom stereocenters. The summed E-state index contributed by atoms with van der Waals surface area (Å²) in [7, 11) is 0. The van der Waals surface area contributed by atoms with Gasteiger partial charge in [0.1, 0.15) is 5.82 Å². The van der Waals surface area contributed by atoms with Crippen LogP contribution in [0.3, 0.4) is 0 Å². The van der Waals surface area contributed by atoms with Gasteiger partial charge in [0.2, 0.25) is 11.9 Å². The molecule has 0 saturated carbocycles. The van der Waals surface area contributed by atoms with Gasteiger partial charge in [-0.3, -0.25) is 14.6 Å². The van der Waals surface area contributed by atoms with Crippen molar-refractivity contribution in [2.24, 2.45) is 5.92 Å². The average molecular weight is 471 g/mol. The van der Waals surface area contributed by atoms with E-state index in [-0.39, 0.29) is 29.3 Å². The number of pyridine rings is 1. The van der Waals surface area contributed by atoms with E-state index < -0.39 is 5.82 Å². The molecule has 0 radical (unpaired) electrons. The first-order chi connectivity index (χ1) is 15.6. The Labute approximate surface area is 195 Å². The molecule has 4 rings (SSSR count). The maximum atomic E-state index is 13.5. The van der Waals surface area contributed by atoms with Crippen LogP contribution in [-0.4, -0.2) is 50.3 Å².